The fraction of sp³-hybridized carbons (Fsp3) is 0.148. The molecular formula is C27H20BLiNO-. The SMILES string of the molecule is Cc1ccc2c(c1)B1c3cc(C)ccc3Oc3c[c-]c(-c4[c-]nc(C)cc4)c(c31)C2.[Li+]. The van der Waals surface area contributed by atoms with Crippen LogP contribution in [0.4, 0.5) is 0 Å². The van der Waals surface area contributed by atoms with E-state index in [9.17, 15) is 0 Å². The van der Waals surface area contributed by atoms with Gasteiger partial charge in [0, 0.05) is 5.75 Å². The number of hydrogen-bond acceptors (Lipinski definition) is 2. The Labute approximate surface area is 196 Å². The molecule has 4 heteroatoms. The maximum absolute atomic E-state index is 6.38. The second-order valence-corrected chi connectivity index (χ2v) is 8.49. The van der Waals surface area contributed by atoms with Crippen molar-refractivity contribution in [1.82, 2.24) is 4.98 Å². The quantitative estimate of drug-likeness (QED) is 0.305. The fourth-order valence-electron chi connectivity index (χ4n) is 4.89. The molecule has 0 N–H and O–H groups in total. The van der Waals surface area contributed by atoms with E-state index in [0.717, 1.165) is 34.7 Å². The van der Waals surface area contributed by atoms with E-state index in [1.165, 1.54) is 38.6 Å². The van der Waals surface area contributed by atoms with Gasteiger partial charge in [-0.25, -0.2) is 11.1 Å². The van der Waals surface area contributed by atoms with Gasteiger partial charge in [0.15, 0.2) is 0 Å². The minimum atomic E-state index is 0. The van der Waals surface area contributed by atoms with Crippen LogP contribution in [0.25, 0.3) is 11.1 Å². The normalized spacial score (nSPS) is 12.8. The van der Waals surface area contributed by atoms with Gasteiger partial charge < -0.3 is 9.72 Å². The molecule has 6 rings (SSSR count). The first kappa shape index (κ1) is 20.2. The maximum Gasteiger partial charge on any atom is 1.00 e. The van der Waals surface area contributed by atoms with Crippen LogP contribution in [0.15, 0.2) is 54.6 Å². The molecule has 0 unspecified atom stereocenters. The molecule has 2 nitrogen and oxygen atoms in total. The van der Waals surface area contributed by atoms with Crippen molar-refractivity contribution in [3.63, 3.8) is 0 Å². The van der Waals surface area contributed by atoms with Gasteiger partial charge in [-0.2, -0.15) is 17.7 Å². The number of ether oxygens (including phenoxy) is 1. The summed E-state index contributed by atoms with van der Waals surface area (Å²) in [5.74, 6) is 1.87. The van der Waals surface area contributed by atoms with Gasteiger partial charge in [0.05, 0.1) is 0 Å². The Bertz CT molecular complexity index is 1320. The molecule has 2 aliphatic rings. The van der Waals surface area contributed by atoms with E-state index in [0.29, 0.717) is 0 Å². The van der Waals surface area contributed by atoms with E-state index in [1.807, 2.05) is 19.1 Å². The zero-order chi connectivity index (χ0) is 20.4. The summed E-state index contributed by atoms with van der Waals surface area (Å²) in [6, 6.07) is 23.0. The van der Waals surface area contributed by atoms with Crippen LogP contribution >= 0.6 is 0 Å². The van der Waals surface area contributed by atoms with E-state index in [4.69, 9.17) is 4.74 Å². The predicted molar refractivity (Wildman–Crippen MR) is 122 cm³/mol. The maximum atomic E-state index is 6.38. The van der Waals surface area contributed by atoms with Crippen molar-refractivity contribution in [1.29, 1.82) is 0 Å². The predicted octanol–water partition coefficient (Wildman–Crippen LogP) is 0.804. The van der Waals surface area contributed by atoms with Crippen molar-refractivity contribution in [2.24, 2.45) is 0 Å². The summed E-state index contributed by atoms with van der Waals surface area (Å²) in [4.78, 5) is 4.41. The molecule has 4 aromatic rings. The topological polar surface area (TPSA) is 22.1 Å². The summed E-state index contributed by atoms with van der Waals surface area (Å²) in [6.45, 7) is 6.48. The van der Waals surface area contributed by atoms with E-state index >= 15 is 0 Å². The second-order valence-electron chi connectivity index (χ2n) is 8.49. The Morgan fingerprint density at radius 2 is 1.68 bits per heavy atom. The first-order valence-electron chi connectivity index (χ1n) is 10.4. The Hall–Kier alpha value is -2.73. The largest absolute Gasteiger partial charge is 1.00 e. The van der Waals surface area contributed by atoms with Crippen LogP contribution in [-0.2, 0) is 6.42 Å². The average Bonchev–Trinajstić information content (AvgIpc) is 2.75. The van der Waals surface area contributed by atoms with Crippen LogP contribution in [0.3, 0.4) is 0 Å². The summed E-state index contributed by atoms with van der Waals surface area (Å²) in [6.07, 6.45) is 4.08. The third-order valence-electron chi connectivity index (χ3n) is 6.32. The van der Waals surface area contributed by atoms with Crippen LogP contribution in [0.1, 0.15) is 27.9 Å². The molecule has 0 aliphatic carbocycles. The molecule has 2 aliphatic heterocycles. The van der Waals surface area contributed by atoms with E-state index in [2.05, 4.69) is 73.6 Å². The summed E-state index contributed by atoms with van der Waals surface area (Å²) in [7, 11) is 0. The van der Waals surface area contributed by atoms with Gasteiger partial charge in [-0.05, 0) is 37.5 Å². The molecule has 31 heavy (non-hydrogen) atoms. The van der Waals surface area contributed by atoms with Gasteiger partial charge in [0.25, 0.3) is 0 Å². The van der Waals surface area contributed by atoms with Crippen molar-refractivity contribution in [3.05, 3.63) is 94.8 Å². The van der Waals surface area contributed by atoms with Gasteiger partial charge >= 0.3 is 18.9 Å². The first-order chi connectivity index (χ1) is 14.6. The van der Waals surface area contributed by atoms with Crippen LogP contribution in [0, 0.1) is 33.0 Å². The Morgan fingerprint density at radius 3 is 2.45 bits per heavy atom. The molecule has 0 fully saturated rings. The molecule has 1 aromatic heterocycles. The summed E-state index contributed by atoms with van der Waals surface area (Å²) in [5, 5.41) is 0. The molecule has 144 valence electrons. The number of nitrogens with zero attached hydrogens (tertiary/aromatic N) is 1. The number of benzene rings is 3. The van der Waals surface area contributed by atoms with Gasteiger partial charge in [-0.3, -0.25) is 0 Å². The molecule has 0 saturated heterocycles. The van der Waals surface area contributed by atoms with E-state index < -0.39 is 0 Å². The van der Waals surface area contributed by atoms with Crippen molar-refractivity contribution in [2.45, 2.75) is 27.2 Å². The minimum Gasteiger partial charge on any atom is -0.503 e. The molecule has 0 atom stereocenters. The van der Waals surface area contributed by atoms with Crippen LogP contribution in [-0.4, -0.2) is 11.7 Å². The standard InChI is InChI=1S/C27H20BNO.Li/c1-16-4-7-19-14-22-21(20-8-6-18(3)29-15-20)9-11-26-27(22)28(23(19)12-16)24-13-17(2)5-10-25(24)30-26;/h4-8,10-13H,14H2,1-3H3;/q-2;+1. The number of aromatic nitrogens is 1. The Morgan fingerprint density at radius 1 is 0.903 bits per heavy atom. The van der Waals surface area contributed by atoms with Crippen LogP contribution in [0.2, 0.25) is 0 Å². The molecule has 0 amide bonds. The molecule has 0 radical (unpaired) electrons. The monoisotopic (exact) mass is 392 g/mol. The van der Waals surface area contributed by atoms with Gasteiger partial charge in [0.1, 0.15) is 5.75 Å². The van der Waals surface area contributed by atoms with Crippen LogP contribution < -0.4 is 40.0 Å². The Kier molecular flexibility index (Phi) is 4.85. The molecule has 0 spiro atoms. The van der Waals surface area contributed by atoms with Gasteiger partial charge in [-0.15, -0.1) is 17.6 Å². The van der Waals surface area contributed by atoms with Crippen molar-refractivity contribution >= 4 is 23.1 Å². The molecule has 3 aromatic carbocycles. The third kappa shape index (κ3) is 3.16. The van der Waals surface area contributed by atoms with Crippen molar-refractivity contribution < 1.29 is 23.6 Å². The molecule has 3 heterocycles. The molecule has 0 saturated carbocycles. The zero-order valence-corrected chi connectivity index (χ0v) is 18.3. The number of pyridine rings is 1. The first-order valence-corrected chi connectivity index (χ1v) is 10.4. The smallest absolute Gasteiger partial charge is 0.503 e. The zero-order valence-electron chi connectivity index (χ0n) is 18.3. The molecular weight excluding hydrogens is 372 g/mol. The van der Waals surface area contributed by atoms with Gasteiger partial charge in [-0.1, -0.05) is 65.6 Å². The number of fused-ring (bicyclic) bond motifs is 4. The number of rotatable bonds is 1. The van der Waals surface area contributed by atoms with Crippen LogP contribution in [0.5, 0.6) is 11.5 Å². The third-order valence-corrected chi connectivity index (χ3v) is 6.32. The number of hydrogen-bond donors (Lipinski definition) is 0. The summed E-state index contributed by atoms with van der Waals surface area (Å²) in [5.41, 5.74) is 12.1. The van der Waals surface area contributed by atoms with Crippen molar-refractivity contribution in [3.8, 4) is 22.6 Å². The van der Waals surface area contributed by atoms with Gasteiger partial charge in [0.2, 0.25) is 6.71 Å². The molecule has 0 bridgehead atoms. The minimum absolute atomic E-state index is 0. The average molecular weight is 392 g/mol. The summed E-state index contributed by atoms with van der Waals surface area (Å²) < 4.78 is 6.38. The Balaban J connectivity index is 0.00000204. The van der Waals surface area contributed by atoms with E-state index in [-0.39, 0.29) is 25.6 Å². The number of aryl methyl sites for hydroxylation is 3. The summed E-state index contributed by atoms with van der Waals surface area (Å²) >= 11 is 0. The van der Waals surface area contributed by atoms with Crippen molar-refractivity contribution in [2.75, 3.05) is 0 Å². The van der Waals surface area contributed by atoms with E-state index in [1.54, 1.807) is 0 Å². The second kappa shape index (κ2) is 7.45. The fourth-order valence-corrected chi connectivity index (χ4v) is 4.89.